The average molecular weight is 124 g/mol. The summed E-state index contributed by atoms with van der Waals surface area (Å²) in [7, 11) is 0. The predicted molar refractivity (Wildman–Crippen MR) is 31.7 cm³/mol. The van der Waals surface area contributed by atoms with Gasteiger partial charge in [0.25, 0.3) is 0 Å². The molecule has 0 aromatic carbocycles. The number of carbonyl (C=O) groups is 1. The van der Waals surface area contributed by atoms with Crippen molar-refractivity contribution in [1.29, 1.82) is 0 Å². The van der Waals surface area contributed by atoms with Gasteiger partial charge in [-0.1, -0.05) is 12.2 Å². The summed E-state index contributed by atoms with van der Waals surface area (Å²) < 4.78 is 4.85. The molecule has 48 valence electrons. The Bertz CT molecular complexity index is 172. The van der Waals surface area contributed by atoms with Crippen LogP contribution in [0, 0.1) is 5.92 Å². The molecule has 1 fully saturated rings. The monoisotopic (exact) mass is 124 g/mol. The van der Waals surface area contributed by atoms with Gasteiger partial charge in [0.05, 0.1) is 0 Å². The first-order chi connectivity index (χ1) is 4.38. The molecule has 1 saturated heterocycles. The molecule has 1 unspecified atom stereocenters. The smallest absolute Gasteiger partial charge is 0.316 e. The molecule has 0 bridgehead atoms. The van der Waals surface area contributed by atoms with Crippen LogP contribution in [0.5, 0.6) is 0 Å². The molecule has 1 aliphatic heterocycles. The largest absolute Gasteiger partial charge is 0.461 e. The molecule has 2 nitrogen and oxygen atoms in total. The van der Waals surface area contributed by atoms with E-state index in [2.05, 4.69) is 6.08 Å². The molecule has 2 aliphatic rings. The lowest BCUT2D eigenvalue weighted by atomic mass is 9.88. The minimum Gasteiger partial charge on any atom is -0.461 e. The summed E-state index contributed by atoms with van der Waals surface area (Å²) in [6, 6.07) is 0. The van der Waals surface area contributed by atoms with Crippen LogP contribution in [0.2, 0.25) is 0 Å². The summed E-state index contributed by atoms with van der Waals surface area (Å²) in [5.74, 6) is 0.0645. The maximum absolute atomic E-state index is 10.6. The Balaban J connectivity index is 2.16. The van der Waals surface area contributed by atoms with E-state index in [1.54, 1.807) is 0 Å². The highest BCUT2D eigenvalue weighted by atomic mass is 16.6. The highest BCUT2D eigenvalue weighted by Gasteiger charge is 2.40. The van der Waals surface area contributed by atoms with Crippen molar-refractivity contribution in [3.63, 3.8) is 0 Å². The number of esters is 1. The Kier molecular flexibility index (Phi) is 0.891. The van der Waals surface area contributed by atoms with Crippen molar-refractivity contribution in [2.24, 2.45) is 5.92 Å². The van der Waals surface area contributed by atoms with Crippen molar-refractivity contribution in [3.8, 4) is 0 Å². The topological polar surface area (TPSA) is 26.3 Å². The first kappa shape index (κ1) is 5.03. The molecule has 0 N–H and O–H groups in total. The molecule has 1 heterocycles. The minimum absolute atomic E-state index is 0.0454. The first-order valence-electron chi connectivity index (χ1n) is 3.25. The van der Waals surface area contributed by atoms with Gasteiger partial charge in [0.15, 0.2) is 0 Å². The summed E-state index contributed by atoms with van der Waals surface area (Å²) >= 11 is 0. The van der Waals surface area contributed by atoms with E-state index in [1.165, 1.54) is 0 Å². The molecule has 2 rings (SSSR count). The van der Waals surface area contributed by atoms with Crippen LogP contribution >= 0.6 is 0 Å². The van der Waals surface area contributed by atoms with Crippen molar-refractivity contribution >= 4 is 5.97 Å². The number of hydrogen-bond acceptors (Lipinski definition) is 2. The second-order valence-electron chi connectivity index (χ2n) is 2.51. The number of carbonyl (C=O) groups excluding carboxylic acids is 1. The number of fused-ring (bicyclic) bond motifs is 1. The van der Waals surface area contributed by atoms with Crippen LogP contribution in [0.15, 0.2) is 12.2 Å². The van der Waals surface area contributed by atoms with E-state index >= 15 is 0 Å². The van der Waals surface area contributed by atoms with Crippen LogP contribution in [0.3, 0.4) is 0 Å². The zero-order valence-electron chi connectivity index (χ0n) is 5.04. The molecule has 1 aliphatic carbocycles. The zero-order chi connectivity index (χ0) is 6.27. The van der Waals surface area contributed by atoms with Crippen molar-refractivity contribution < 1.29 is 9.53 Å². The lowest BCUT2D eigenvalue weighted by Crippen LogP contribution is -2.44. The molecule has 0 amide bonds. The van der Waals surface area contributed by atoms with Crippen LogP contribution in [-0.2, 0) is 9.53 Å². The van der Waals surface area contributed by atoms with Crippen LogP contribution in [0.25, 0.3) is 0 Å². The van der Waals surface area contributed by atoms with Crippen LogP contribution in [0.4, 0.5) is 0 Å². The second kappa shape index (κ2) is 1.59. The summed E-state index contributed by atoms with van der Waals surface area (Å²) in [6.07, 6.45) is 6.32. The molecule has 0 aromatic rings. The van der Waals surface area contributed by atoms with E-state index in [4.69, 9.17) is 4.74 Å². The normalized spacial score (nSPS) is 38.9. The third-order valence-electron chi connectivity index (χ3n) is 1.90. The van der Waals surface area contributed by atoms with Gasteiger partial charge in [-0.3, -0.25) is 4.79 Å². The summed E-state index contributed by atoms with van der Waals surface area (Å²) in [6.45, 7) is 0. The SMILES string of the molecule is O=C1OC2CCC=C[C@@H]12. The number of hydrogen-bond donors (Lipinski definition) is 0. The third kappa shape index (κ3) is 0.590. The van der Waals surface area contributed by atoms with E-state index < -0.39 is 0 Å². The quantitative estimate of drug-likeness (QED) is 0.354. The molecule has 0 aromatic heterocycles. The van der Waals surface area contributed by atoms with E-state index in [0.717, 1.165) is 12.8 Å². The van der Waals surface area contributed by atoms with Crippen LogP contribution in [-0.4, -0.2) is 12.1 Å². The maximum Gasteiger partial charge on any atom is 0.316 e. The van der Waals surface area contributed by atoms with Gasteiger partial charge >= 0.3 is 5.97 Å². The Hall–Kier alpha value is -0.790. The Morgan fingerprint density at radius 2 is 2.56 bits per heavy atom. The Labute approximate surface area is 53.5 Å². The Morgan fingerprint density at radius 3 is 3.11 bits per heavy atom. The minimum atomic E-state index is -0.0454. The zero-order valence-corrected chi connectivity index (χ0v) is 5.04. The van der Waals surface area contributed by atoms with Gasteiger partial charge in [0.2, 0.25) is 0 Å². The highest BCUT2D eigenvalue weighted by Crippen LogP contribution is 2.30. The molecular formula is C7H8O2. The highest BCUT2D eigenvalue weighted by molar-refractivity contribution is 5.80. The van der Waals surface area contributed by atoms with Crippen molar-refractivity contribution in [3.05, 3.63) is 12.2 Å². The Morgan fingerprint density at radius 1 is 1.67 bits per heavy atom. The fraction of sp³-hybridized carbons (Fsp3) is 0.571. The molecule has 9 heavy (non-hydrogen) atoms. The van der Waals surface area contributed by atoms with Crippen LogP contribution in [0.1, 0.15) is 12.8 Å². The number of allylic oxidation sites excluding steroid dienone is 1. The van der Waals surface area contributed by atoms with Crippen LogP contribution < -0.4 is 0 Å². The van der Waals surface area contributed by atoms with Gasteiger partial charge in [-0.25, -0.2) is 0 Å². The standard InChI is InChI=1S/C7H8O2/c8-7-5-3-1-2-4-6(5)9-7/h1,3,5-6H,2,4H2/t5-,6?/m1/s1. The second-order valence-corrected chi connectivity index (χ2v) is 2.51. The molecular weight excluding hydrogens is 116 g/mol. The number of ether oxygens (including phenoxy) is 1. The molecule has 0 spiro atoms. The fourth-order valence-electron chi connectivity index (χ4n) is 1.32. The van der Waals surface area contributed by atoms with E-state index in [9.17, 15) is 4.79 Å². The predicted octanol–water partition coefficient (Wildman–Crippen LogP) is 0.878. The molecule has 0 saturated carbocycles. The average Bonchev–Trinajstić information content (AvgIpc) is 1.86. The third-order valence-corrected chi connectivity index (χ3v) is 1.90. The first-order valence-corrected chi connectivity index (χ1v) is 3.25. The van der Waals surface area contributed by atoms with Gasteiger partial charge in [-0.2, -0.15) is 0 Å². The molecule has 2 atom stereocenters. The molecule has 0 radical (unpaired) electrons. The summed E-state index contributed by atoms with van der Waals surface area (Å²) in [4.78, 5) is 10.6. The number of rotatable bonds is 0. The van der Waals surface area contributed by atoms with Crippen molar-refractivity contribution in [2.45, 2.75) is 18.9 Å². The molecule has 2 heteroatoms. The fourth-order valence-corrected chi connectivity index (χ4v) is 1.32. The van der Waals surface area contributed by atoms with Gasteiger partial charge in [-0.05, 0) is 12.8 Å². The lowest BCUT2D eigenvalue weighted by Gasteiger charge is -2.35. The van der Waals surface area contributed by atoms with Gasteiger partial charge in [0.1, 0.15) is 12.0 Å². The summed E-state index contributed by atoms with van der Waals surface area (Å²) in [5, 5.41) is 0. The summed E-state index contributed by atoms with van der Waals surface area (Å²) in [5.41, 5.74) is 0. The van der Waals surface area contributed by atoms with Crippen molar-refractivity contribution in [1.82, 2.24) is 0 Å². The van der Waals surface area contributed by atoms with E-state index in [-0.39, 0.29) is 18.0 Å². The van der Waals surface area contributed by atoms with Crippen molar-refractivity contribution in [2.75, 3.05) is 0 Å². The lowest BCUT2D eigenvalue weighted by molar-refractivity contribution is -0.180. The van der Waals surface area contributed by atoms with E-state index in [0.29, 0.717) is 0 Å². The van der Waals surface area contributed by atoms with E-state index in [1.807, 2.05) is 6.08 Å². The maximum atomic E-state index is 10.6. The van der Waals surface area contributed by atoms with Gasteiger partial charge in [-0.15, -0.1) is 0 Å². The van der Waals surface area contributed by atoms with Gasteiger partial charge < -0.3 is 4.74 Å². The van der Waals surface area contributed by atoms with Gasteiger partial charge in [0, 0.05) is 0 Å².